The van der Waals surface area contributed by atoms with E-state index in [2.05, 4.69) is 32.1 Å². The fourth-order valence-electron chi connectivity index (χ4n) is 7.35. The molecule has 0 bridgehead atoms. The zero-order valence-electron chi connectivity index (χ0n) is 28.1. The van der Waals surface area contributed by atoms with Gasteiger partial charge in [0.2, 0.25) is 0 Å². The molecule has 12 nitrogen and oxygen atoms in total. The number of hydrogen-bond acceptors (Lipinski definition) is 8. The molecule has 2 amide bonds. The van der Waals surface area contributed by atoms with Gasteiger partial charge in [-0.15, -0.1) is 0 Å². The maximum atomic E-state index is 14.2. The smallest absolute Gasteiger partial charge is 0.410 e. The Hall–Kier alpha value is -4.97. The maximum absolute atomic E-state index is 14.2. The number of imidazole rings is 1. The summed E-state index contributed by atoms with van der Waals surface area (Å²) in [4.78, 5) is 56.3. The van der Waals surface area contributed by atoms with Crippen molar-refractivity contribution in [2.75, 3.05) is 38.1 Å². The number of rotatable bonds is 6. The molecule has 3 aliphatic heterocycles. The number of benzene rings is 2. The molecule has 1 N–H and O–H groups in total. The number of hydrogen-bond donors (Lipinski definition) is 1. The summed E-state index contributed by atoms with van der Waals surface area (Å²) in [5, 5.41) is 3.06. The van der Waals surface area contributed by atoms with Gasteiger partial charge in [0.05, 0.1) is 29.7 Å². The van der Waals surface area contributed by atoms with Crippen LogP contribution in [0.5, 0.6) is 0 Å². The summed E-state index contributed by atoms with van der Waals surface area (Å²) < 4.78 is 8.81. The number of ether oxygens (including phenoxy) is 1. The van der Waals surface area contributed by atoms with E-state index in [-0.39, 0.29) is 37.1 Å². The molecule has 0 saturated carbocycles. The zero-order valence-corrected chi connectivity index (χ0v) is 28.1. The molecule has 7 rings (SSSR count). The van der Waals surface area contributed by atoms with E-state index in [1.165, 1.54) is 10.9 Å². The Labute approximate surface area is 280 Å². The van der Waals surface area contributed by atoms with Gasteiger partial charge in [0.1, 0.15) is 17.6 Å². The van der Waals surface area contributed by atoms with Crippen LogP contribution < -0.4 is 15.9 Å². The second-order valence-corrected chi connectivity index (χ2v) is 14.5. The number of carbonyl (C=O) groups excluding carboxylic acids is 2. The van der Waals surface area contributed by atoms with Gasteiger partial charge in [-0.1, -0.05) is 24.3 Å². The maximum Gasteiger partial charge on any atom is 0.410 e. The molecule has 1 spiro atoms. The fourth-order valence-corrected chi connectivity index (χ4v) is 7.35. The Morgan fingerprint density at radius 1 is 1.00 bits per heavy atom. The van der Waals surface area contributed by atoms with Crippen LogP contribution in [0.3, 0.4) is 0 Å². The van der Waals surface area contributed by atoms with Gasteiger partial charge >= 0.3 is 11.8 Å². The first kappa shape index (κ1) is 31.6. The number of nitrogens with zero attached hydrogens (tertiary/aromatic N) is 7. The van der Waals surface area contributed by atoms with Crippen molar-refractivity contribution in [1.29, 1.82) is 0 Å². The summed E-state index contributed by atoms with van der Waals surface area (Å²) in [5.74, 6) is -0.417. The molecule has 2 aromatic carbocycles. The largest absolute Gasteiger partial charge is 0.444 e. The van der Waals surface area contributed by atoms with Crippen LogP contribution in [0.4, 0.5) is 10.5 Å². The highest BCUT2D eigenvalue weighted by atomic mass is 16.6. The molecule has 1 atom stereocenters. The van der Waals surface area contributed by atoms with Crippen molar-refractivity contribution < 1.29 is 14.3 Å². The van der Waals surface area contributed by atoms with Crippen LogP contribution in [0, 0.1) is 5.41 Å². The molecule has 5 heterocycles. The van der Waals surface area contributed by atoms with Crippen LogP contribution in [0.2, 0.25) is 0 Å². The van der Waals surface area contributed by atoms with Gasteiger partial charge in [0.25, 0.3) is 5.91 Å². The Balaban J connectivity index is 1.22. The van der Waals surface area contributed by atoms with E-state index in [0.717, 1.165) is 48.7 Å². The van der Waals surface area contributed by atoms with Gasteiger partial charge in [-0.2, -0.15) is 0 Å². The minimum absolute atomic E-state index is 0.0565. The van der Waals surface area contributed by atoms with Crippen molar-refractivity contribution in [3.8, 4) is 16.9 Å². The van der Waals surface area contributed by atoms with Gasteiger partial charge in [-0.05, 0) is 70.6 Å². The van der Waals surface area contributed by atoms with E-state index in [4.69, 9.17) is 4.74 Å². The summed E-state index contributed by atoms with van der Waals surface area (Å²) in [6.07, 6.45) is 2.69. The molecule has 250 valence electrons. The van der Waals surface area contributed by atoms with Crippen molar-refractivity contribution in [2.45, 2.75) is 59.0 Å². The number of anilines is 1. The van der Waals surface area contributed by atoms with Crippen LogP contribution in [0.25, 0.3) is 16.9 Å². The van der Waals surface area contributed by atoms with Crippen LogP contribution in [0.1, 0.15) is 49.4 Å². The molecular weight excluding hydrogens is 608 g/mol. The predicted molar refractivity (Wildman–Crippen MR) is 182 cm³/mol. The number of carbonyl (C=O) groups is 2. The van der Waals surface area contributed by atoms with E-state index in [0.29, 0.717) is 16.8 Å². The SMILES string of the molecule is CC1Cn2c(c(C(=O)NCc3ccccc3-c3ccncn3)n(-c3ccc(N4CC5(CN(C)C5)C4)cc3)c2=O)CN1C(=O)OC(C)(C)C. The normalized spacial score (nSPS) is 18.6. The van der Waals surface area contributed by atoms with Gasteiger partial charge in [0, 0.05) is 62.1 Å². The molecule has 2 saturated heterocycles. The lowest BCUT2D eigenvalue weighted by atomic mass is 9.73. The van der Waals surface area contributed by atoms with Crippen LogP contribution in [-0.2, 0) is 24.4 Å². The summed E-state index contributed by atoms with van der Waals surface area (Å²) >= 11 is 0. The number of likely N-dealkylation sites (tertiary alicyclic amines) is 1. The van der Waals surface area contributed by atoms with E-state index < -0.39 is 17.6 Å². The zero-order chi connectivity index (χ0) is 33.8. The Morgan fingerprint density at radius 2 is 1.71 bits per heavy atom. The number of nitrogens with one attached hydrogen (secondary N) is 1. The summed E-state index contributed by atoms with van der Waals surface area (Å²) in [6.45, 7) is 12.1. The number of fused-ring (bicyclic) bond motifs is 1. The van der Waals surface area contributed by atoms with Crippen molar-refractivity contribution in [3.05, 3.63) is 94.6 Å². The molecular formula is C36H42N8O4. The van der Waals surface area contributed by atoms with Crippen LogP contribution in [-0.4, -0.2) is 85.8 Å². The first-order chi connectivity index (χ1) is 22.9. The highest BCUT2D eigenvalue weighted by molar-refractivity contribution is 5.94. The topological polar surface area (TPSA) is 118 Å². The molecule has 3 aliphatic rings. The highest BCUT2D eigenvalue weighted by Gasteiger charge is 2.50. The summed E-state index contributed by atoms with van der Waals surface area (Å²) in [7, 11) is 2.15. The van der Waals surface area contributed by atoms with Gasteiger partial charge < -0.3 is 19.9 Å². The van der Waals surface area contributed by atoms with Crippen LogP contribution >= 0.6 is 0 Å². The van der Waals surface area contributed by atoms with Crippen molar-refractivity contribution >= 4 is 17.7 Å². The summed E-state index contributed by atoms with van der Waals surface area (Å²) in [5.41, 5.74) is 4.21. The third-order valence-electron chi connectivity index (χ3n) is 9.44. The first-order valence-electron chi connectivity index (χ1n) is 16.4. The third-order valence-corrected chi connectivity index (χ3v) is 9.44. The monoisotopic (exact) mass is 650 g/mol. The third kappa shape index (κ3) is 5.85. The molecule has 48 heavy (non-hydrogen) atoms. The van der Waals surface area contributed by atoms with E-state index >= 15 is 0 Å². The standard InChI is InChI=1S/C36H42N8O4/c1-24-17-43-30(18-42(24)34(47)48-35(2,3)4)31(32(45)38-16-25-8-6-7-9-28(25)29-14-15-37-23-39-29)44(33(43)46)27-12-10-26(11-13-27)41-21-36(22-41)19-40(5)20-36/h6-15,23-24H,16-22H2,1-5H3,(H,38,45). The first-order valence-corrected chi connectivity index (χ1v) is 16.4. The molecule has 2 fully saturated rings. The van der Waals surface area contributed by atoms with Gasteiger partial charge in [0.15, 0.2) is 0 Å². The molecule has 0 aliphatic carbocycles. The molecule has 0 radical (unpaired) electrons. The lowest BCUT2D eigenvalue weighted by Crippen LogP contribution is -2.71. The van der Waals surface area contributed by atoms with Crippen molar-refractivity contribution in [2.24, 2.45) is 5.41 Å². The van der Waals surface area contributed by atoms with E-state index in [9.17, 15) is 14.4 Å². The second-order valence-electron chi connectivity index (χ2n) is 14.5. The minimum atomic E-state index is -0.691. The lowest BCUT2D eigenvalue weighted by Gasteiger charge is -2.60. The molecule has 1 unspecified atom stereocenters. The van der Waals surface area contributed by atoms with Crippen molar-refractivity contribution in [3.63, 3.8) is 0 Å². The predicted octanol–water partition coefficient (Wildman–Crippen LogP) is 3.92. The molecule has 4 aromatic rings. The lowest BCUT2D eigenvalue weighted by molar-refractivity contribution is -0.00239. The second kappa shape index (κ2) is 11.9. The Kier molecular flexibility index (Phi) is 7.86. The highest BCUT2D eigenvalue weighted by Crippen LogP contribution is 2.41. The average Bonchev–Trinajstić information content (AvgIpc) is 3.31. The minimum Gasteiger partial charge on any atom is -0.444 e. The van der Waals surface area contributed by atoms with E-state index in [1.54, 1.807) is 15.7 Å². The number of amides is 2. The Morgan fingerprint density at radius 3 is 2.38 bits per heavy atom. The Bertz CT molecular complexity index is 1900. The van der Waals surface area contributed by atoms with Crippen LogP contribution in [0.15, 0.2) is 71.9 Å². The van der Waals surface area contributed by atoms with Crippen molar-refractivity contribution in [1.82, 2.24) is 34.2 Å². The van der Waals surface area contributed by atoms with E-state index in [1.807, 2.05) is 82.3 Å². The van der Waals surface area contributed by atoms with Gasteiger partial charge in [-0.25, -0.2) is 19.6 Å². The average molecular weight is 651 g/mol. The number of aromatic nitrogens is 4. The summed E-state index contributed by atoms with van der Waals surface area (Å²) in [6, 6.07) is 17.1. The molecule has 2 aromatic heterocycles. The molecule has 12 heteroatoms. The van der Waals surface area contributed by atoms with Gasteiger partial charge in [-0.3, -0.25) is 18.8 Å². The quantitative estimate of drug-likeness (QED) is 0.334. The fraction of sp³-hybridized carbons (Fsp3) is 0.417.